The SMILES string of the molecule is O=C(CCCc1ccccc1)NC1CCCC1CCl. The van der Waals surface area contributed by atoms with Crippen LogP contribution in [0.5, 0.6) is 0 Å². The Kier molecular flexibility index (Phi) is 5.71. The van der Waals surface area contributed by atoms with Gasteiger partial charge in [0.05, 0.1) is 0 Å². The predicted octanol–water partition coefficient (Wildman–Crippen LogP) is 3.53. The third-order valence-electron chi connectivity index (χ3n) is 3.92. The number of rotatable bonds is 6. The number of benzene rings is 1. The van der Waals surface area contributed by atoms with E-state index in [4.69, 9.17) is 11.6 Å². The number of hydrogen-bond donors (Lipinski definition) is 1. The number of halogens is 1. The summed E-state index contributed by atoms with van der Waals surface area (Å²) in [5, 5.41) is 3.14. The summed E-state index contributed by atoms with van der Waals surface area (Å²) in [6, 6.07) is 10.6. The van der Waals surface area contributed by atoms with E-state index in [1.54, 1.807) is 0 Å². The quantitative estimate of drug-likeness (QED) is 0.793. The standard InChI is InChI=1S/C16H22ClNO/c17-12-14-9-5-10-15(14)18-16(19)11-4-8-13-6-2-1-3-7-13/h1-3,6-7,14-15H,4-5,8-12H2,(H,18,19). The van der Waals surface area contributed by atoms with Crippen molar-refractivity contribution in [3.8, 4) is 0 Å². The first-order valence-corrected chi connectivity index (χ1v) is 7.72. The largest absolute Gasteiger partial charge is 0.353 e. The van der Waals surface area contributed by atoms with Crippen LogP contribution < -0.4 is 5.32 Å². The third kappa shape index (κ3) is 4.54. The van der Waals surface area contributed by atoms with Gasteiger partial charge in [0, 0.05) is 18.3 Å². The van der Waals surface area contributed by atoms with Crippen LogP contribution in [0.4, 0.5) is 0 Å². The highest BCUT2D eigenvalue weighted by molar-refractivity contribution is 6.18. The van der Waals surface area contributed by atoms with Crippen LogP contribution in [0.15, 0.2) is 30.3 Å². The molecule has 3 heteroatoms. The summed E-state index contributed by atoms with van der Waals surface area (Å²) in [7, 11) is 0. The van der Waals surface area contributed by atoms with Crippen molar-refractivity contribution in [2.24, 2.45) is 5.92 Å². The molecule has 1 aromatic rings. The van der Waals surface area contributed by atoms with Crippen molar-refractivity contribution in [3.63, 3.8) is 0 Å². The molecular weight excluding hydrogens is 258 g/mol. The smallest absolute Gasteiger partial charge is 0.220 e. The average molecular weight is 280 g/mol. The van der Waals surface area contributed by atoms with Gasteiger partial charge < -0.3 is 5.32 Å². The molecule has 1 aromatic carbocycles. The summed E-state index contributed by atoms with van der Waals surface area (Å²) < 4.78 is 0. The summed E-state index contributed by atoms with van der Waals surface area (Å²) in [5.74, 6) is 1.31. The fraction of sp³-hybridized carbons (Fsp3) is 0.562. The number of aryl methyl sites for hydroxylation is 1. The lowest BCUT2D eigenvalue weighted by atomic mass is 10.1. The van der Waals surface area contributed by atoms with Gasteiger partial charge in [0.15, 0.2) is 0 Å². The molecule has 1 N–H and O–H groups in total. The molecule has 0 heterocycles. The first-order chi connectivity index (χ1) is 9.29. The minimum atomic E-state index is 0.179. The molecule has 0 bridgehead atoms. The van der Waals surface area contributed by atoms with E-state index in [9.17, 15) is 4.79 Å². The van der Waals surface area contributed by atoms with Crippen LogP contribution in [0.2, 0.25) is 0 Å². The highest BCUT2D eigenvalue weighted by Crippen LogP contribution is 2.26. The summed E-state index contributed by atoms with van der Waals surface area (Å²) in [5.41, 5.74) is 1.30. The van der Waals surface area contributed by atoms with Gasteiger partial charge in [-0.1, -0.05) is 36.8 Å². The van der Waals surface area contributed by atoms with Gasteiger partial charge in [-0.25, -0.2) is 0 Å². The Balaban J connectivity index is 1.67. The monoisotopic (exact) mass is 279 g/mol. The van der Waals surface area contributed by atoms with Crippen molar-refractivity contribution in [3.05, 3.63) is 35.9 Å². The van der Waals surface area contributed by atoms with E-state index in [1.165, 1.54) is 12.0 Å². The Morgan fingerprint density at radius 1 is 1.26 bits per heavy atom. The van der Waals surface area contributed by atoms with E-state index in [0.29, 0.717) is 24.3 Å². The lowest BCUT2D eigenvalue weighted by molar-refractivity contribution is -0.122. The molecule has 0 aromatic heterocycles. The third-order valence-corrected chi connectivity index (χ3v) is 4.31. The summed E-state index contributed by atoms with van der Waals surface area (Å²) in [6.07, 6.45) is 5.92. The number of carbonyl (C=O) groups excluding carboxylic acids is 1. The molecule has 2 nitrogen and oxygen atoms in total. The molecule has 2 atom stereocenters. The van der Waals surface area contributed by atoms with Gasteiger partial charge in [0.25, 0.3) is 0 Å². The summed E-state index contributed by atoms with van der Waals surface area (Å²) >= 11 is 5.92. The average Bonchev–Trinajstić information content (AvgIpc) is 2.87. The molecule has 2 unspecified atom stereocenters. The van der Waals surface area contributed by atoms with E-state index < -0.39 is 0 Å². The Morgan fingerprint density at radius 3 is 2.79 bits per heavy atom. The fourth-order valence-electron chi connectivity index (χ4n) is 2.79. The number of nitrogens with one attached hydrogen (secondary N) is 1. The van der Waals surface area contributed by atoms with E-state index in [1.807, 2.05) is 18.2 Å². The topological polar surface area (TPSA) is 29.1 Å². The molecule has 104 valence electrons. The fourth-order valence-corrected chi connectivity index (χ4v) is 3.16. The molecule has 1 amide bonds. The van der Waals surface area contributed by atoms with Gasteiger partial charge in [-0.15, -0.1) is 11.6 Å². The molecule has 1 aliphatic rings. The second-order valence-electron chi connectivity index (χ2n) is 5.36. The molecular formula is C16H22ClNO. The van der Waals surface area contributed by atoms with Gasteiger partial charge >= 0.3 is 0 Å². The molecule has 0 saturated heterocycles. The Labute approximate surface area is 120 Å². The van der Waals surface area contributed by atoms with Gasteiger partial charge in [-0.2, -0.15) is 0 Å². The molecule has 0 aliphatic heterocycles. The zero-order valence-corrected chi connectivity index (χ0v) is 12.0. The van der Waals surface area contributed by atoms with Gasteiger partial charge in [-0.05, 0) is 37.2 Å². The number of hydrogen-bond acceptors (Lipinski definition) is 1. The van der Waals surface area contributed by atoms with Gasteiger partial charge in [0.1, 0.15) is 0 Å². The lowest BCUT2D eigenvalue weighted by Crippen LogP contribution is -2.37. The first-order valence-electron chi connectivity index (χ1n) is 7.19. The van der Waals surface area contributed by atoms with Crippen molar-refractivity contribution < 1.29 is 4.79 Å². The van der Waals surface area contributed by atoms with Crippen molar-refractivity contribution >= 4 is 17.5 Å². The van der Waals surface area contributed by atoms with Gasteiger partial charge in [0.2, 0.25) is 5.91 Å². The van der Waals surface area contributed by atoms with Crippen LogP contribution in [0.25, 0.3) is 0 Å². The predicted molar refractivity (Wildman–Crippen MR) is 79.4 cm³/mol. The molecule has 1 saturated carbocycles. The molecule has 1 fully saturated rings. The minimum Gasteiger partial charge on any atom is -0.353 e. The highest BCUT2D eigenvalue weighted by Gasteiger charge is 2.27. The zero-order valence-electron chi connectivity index (χ0n) is 11.3. The van der Waals surface area contributed by atoms with Crippen molar-refractivity contribution in [1.29, 1.82) is 0 Å². The van der Waals surface area contributed by atoms with Crippen LogP contribution in [0.1, 0.15) is 37.7 Å². The molecule has 19 heavy (non-hydrogen) atoms. The first kappa shape index (κ1) is 14.4. The number of carbonyl (C=O) groups is 1. The van der Waals surface area contributed by atoms with E-state index in [0.717, 1.165) is 25.7 Å². The van der Waals surface area contributed by atoms with Crippen LogP contribution in [0, 0.1) is 5.92 Å². The Bertz CT molecular complexity index is 393. The summed E-state index contributed by atoms with van der Waals surface area (Å²) in [6.45, 7) is 0. The molecule has 1 aliphatic carbocycles. The summed E-state index contributed by atoms with van der Waals surface area (Å²) in [4.78, 5) is 11.9. The van der Waals surface area contributed by atoms with E-state index >= 15 is 0 Å². The van der Waals surface area contributed by atoms with Crippen molar-refractivity contribution in [1.82, 2.24) is 5.32 Å². The maximum Gasteiger partial charge on any atom is 0.220 e. The van der Waals surface area contributed by atoms with Gasteiger partial charge in [-0.3, -0.25) is 4.79 Å². The van der Waals surface area contributed by atoms with E-state index in [-0.39, 0.29) is 5.91 Å². The lowest BCUT2D eigenvalue weighted by Gasteiger charge is -2.18. The van der Waals surface area contributed by atoms with E-state index in [2.05, 4.69) is 17.4 Å². The second kappa shape index (κ2) is 7.54. The molecule has 0 radical (unpaired) electrons. The van der Waals surface area contributed by atoms with Crippen LogP contribution in [-0.2, 0) is 11.2 Å². The minimum absolute atomic E-state index is 0.179. The van der Waals surface area contributed by atoms with Crippen molar-refractivity contribution in [2.75, 3.05) is 5.88 Å². The zero-order chi connectivity index (χ0) is 13.5. The Morgan fingerprint density at radius 2 is 2.05 bits per heavy atom. The van der Waals surface area contributed by atoms with Crippen molar-refractivity contribution in [2.45, 2.75) is 44.6 Å². The Hall–Kier alpha value is -1.02. The normalized spacial score (nSPS) is 22.4. The maximum absolute atomic E-state index is 11.9. The van der Waals surface area contributed by atoms with Crippen LogP contribution >= 0.6 is 11.6 Å². The second-order valence-corrected chi connectivity index (χ2v) is 5.67. The molecule has 0 spiro atoms. The number of alkyl halides is 1. The van der Waals surface area contributed by atoms with Crippen LogP contribution in [-0.4, -0.2) is 17.8 Å². The highest BCUT2D eigenvalue weighted by atomic mass is 35.5. The maximum atomic E-state index is 11.9. The number of amides is 1. The van der Waals surface area contributed by atoms with Crippen LogP contribution in [0.3, 0.4) is 0 Å². The molecule has 2 rings (SSSR count).